The van der Waals surface area contributed by atoms with Crippen LogP contribution in [-0.4, -0.2) is 7.38 Å². The molecule has 0 bridgehead atoms. The monoisotopic (exact) mass is 564 g/mol. The molecule has 0 N–H and O–H groups in total. The molecular formula is C39H33ClSi. The first-order valence-electron chi connectivity index (χ1n) is 14.1. The molecule has 0 unspecified atom stereocenters. The van der Waals surface area contributed by atoms with Crippen molar-refractivity contribution in [2.24, 2.45) is 0 Å². The topological polar surface area (TPSA) is 0 Å². The summed E-state index contributed by atoms with van der Waals surface area (Å²) in [5.41, 5.74) is 11.1. The SMILES string of the molecule is Cc1cc([Si](Cl)(c2ccc(-c3ccccc3)c(C)c2)c2ccc(-c3ccccc3)c(C)c2)ccc1-c1ccccc1. The average Bonchev–Trinajstić information content (AvgIpc) is 3.02. The van der Waals surface area contributed by atoms with Gasteiger partial charge in [-0.15, -0.1) is 11.1 Å². The van der Waals surface area contributed by atoms with Crippen LogP contribution in [-0.2, 0) is 0 Å². The normalized spacial score (nSPS) is 11.4. The van der Waals surface area contributed by atoms with Crippen LogP contribution in [0.4, 0.5) is 0 Å². The molecule has 41 heavy (non-hydrogen) atoms. The van der Waals surface area contributed by atoms with Crippen LogP contribution in [0.25, 0.3) is 33.4 Å². The van der Waals surface area contributed by atoms with Crippen molar-refractivity contribution in [1.82, 2.24) is 0 Å². The number of aryl methyl sites for hydroxylation is 3. The van der Waals surface area contributed by atoms with Crippen LogP contribution >= 0.6 is 11.1 Å². The molecule has 200 valence electrons. The molecule has 2 heteroatoms. The lowest BCUT2D eigenvalue weighted by molar-refractivity contribution is 1.46. The van der Waals surface area contributed by atoms with Crippen LogP contribution in [0.3, 0.4) is 0 Å². The highest BCUT2D eigenvalue weighted by molar-refractivity contribution is 7.40. The molecule has 0 amide bonds. The van der Waals surface area contributed by atoms with Gasteiger partial charge in [0.25, 0.3) is 0 Å². The van der Waals surface area contributed by atoms with Gasteiger partial charge in [-0.05, 0) is 86.4 Å². The van der Waals surface area contributed by atoms with Crippen molar-refractivity contribution < 1.29 is 0 Å². The lowest BCUT2D eigenvalue weighted by Gasteiger charge is -2.29. The summed E-state index contributed by atoms with van der Waals surface area (Å²) in [6.07, 6.45) is 0. The van der Waals surface area contributed by atoms with Gasteiger partial charge in [0.15, 0.2) is 0 Å². The Labute approximate surface area is 249 Å². The molecule has 0 fully saturated rings. The highest BCUT2D eigenvalue weighted by atomic mass is 35.6. The predicted octanol–water partition coefficient (Wildman–Crippen LogP) is 8.82. The molecule has 0 atom stereocenters. The van der Waals surface area contributed by atoms with Crippen LogP contribution in [0.5, 0.6) is 0 Å². The zero-order valence-corrected chi connectivity index (χ0v) is 25.5. The molecule has 6 aromatic rings. The fourth-order valence-corrected chi connectivity index (χ4v) is 10.2. The fourth-order valence-electron chi connectivity index (χ4n) is 5.96. The molecule has 0 radical (unpaired) electrons. The zero-order valence-electron chi connectivity index (χ0n) is 23.7. The third-order valence-corrected chi connectivity index (χ3v) is 13.4. The van der Waals surface area contributed by atoms with Crippen molar-refractivity contribution in [1.29, 1.82) is 0 Å². The second kappa shape index (κ2) is 11.4. The number of halogens is 1. The largest absolute Gasteiger partial charge is 0.247 e. The summed E-state index contributed by atoms with van der Waals surface area (Å²) in [7, 11) is -2.87. The third-order valence-electron chi connectivity index (χ3n) is 8.13. The molecule has 0 saturated heterocycles. The molecular weight excluding hydrogens is 532 g/mol. The molecule has 0 heterocycles. The minimum absolute atomic E-state index is 1.20. The predicted molar refractivity (Wildman–Crippen MR) is 180 cm³/mol. The van der Waals surface area contributed by atoms with Crippen molar-refractivity contribution in [2.75, 3.05) is 0 Å². The molecule has 6 aromatic carbocycles. The Kier molecular flexibility index (Phi) is 7.49. The van der Waals surface area contributed by atoms with E-state index in [2.05, 4.69) is 166 Å². The summed E-state index contributed by atoms with van der Waals surface area (Å²) >= 11 is 8.07. The van der Waals surface area contributed by atoms with Crippen molar-refractivity contribution in [2.45, 2.75) is 20.8 Å². The van der Waals surface area contributed by atoms with Crippen molar-refractivity contribution in [3.05, 3.63) is 162 Å². The van der Waals surface area contributed by atoms with E-state index in [1.807, 2.05) is 0 Å². The van der Waals surface area contributed by atoms with E-state index in [9.17, 15) is 0 Å². The fraction of sp³-hybridized carbons (Fsp3) is 0.0769. The van der Waals surface area contributed by atoms with Gasteiger partial charge in [0.2, 0.25) is 7.38 Å². The van der Waals surface area contributed by atoms with Gasteiger partial charge in [0, 0.05) is 0 Å². The number of hydrogen-bond donors (Lipinski definition) is 0. The molecule has 0 saturated carbocycles. The first kappa shape index (κ1) is 27.0. The quantitative estimate of drug-likeness (QED) is 0.108. The van der Waals surface area contributed by atoms with E-state index in [4.69, 9.17) is 11.1 Å². The summed E-state index contributed by atoms with van der Waals surface area (Å²) in [6, 6.07) is 52.3. The summed E-state index contributed by atoms with van der Waals surface area (Å²) in [5.74, 6) is 0. The molecule has 0 spiro atoms. The van der Waals surface area contributed by atoms with E-state index in [0.29, 0.717) is 0 Å². The van der Waals surface area contributed by atoms with Crippen molar-refractivity contribution >= 4 is 34.0 Å². The zero-order chi connectivity index (χ0) is 28.4. The number of hydrogen-bond acceptors (Lipinski definition) is 0. The number of rotatable bonds is 6. The Balaban J connectivity index is 1.52. The highest BCUT2D eigenvalue weighted by Crippen LogP contribution is 2.28. The molecule has 0 aromatic heterocycles. The van der Waals surface area contributed by atoms with Crippen molar-refractivity contribution in [3.63, 3.8) is 0 Å². The first-order valence-corrected chi connectivity index (χ1v) is 17.1. The minimum atomic E-state index is -2.87. The smallest absolute Gasteiger partial charge is 0.149 e. The highest BCUT2D eigenvalue weighted by Gasteiger charge is 2.39. The standard InChI is InChI=1S/C39H33ClSi/c1-28-25-34(19-22-37(28)31-13-7-4-8-14-31)41(40,35-20-23-38(29(2)26-35)32-15-9-5-10-16-32)36-21-24-39(30(3)27-36)33-17-11-6-12-18-33/h4-27H,1-3H3. The van der Waals surface area contributed by atoms with Crippen LogP contribution < -0.4 is 15.6 Å². The Hall–Kier alpha value is -4.17. The van der Waals surface area contributed by atoms with Crippen molar-refractivity contribution in [3.8, 4) is 33.4 Å². The molecule has 0 nitrogen and oxygen atoms in total. The lowest BCUT2D eigenvalue weighted by Crippen LogP contribution is -2.63. The maximum absolute atomic E-state index is 8.07. The number of benzene rings is 6. The van der Waals surface area contributed by atoms with Crippen LogP contribution in [0.15, 0.2) is 146 Å². The first-order chi connectivity index (χ1) is 19.9. The van der Waals surface area contributed by atoms with E-state index in [-0.39, 0.29) is 0 Å². The Morgan fingerprint density at radius 3 is 0.878 bits per heavy atom. The summed E-state index contributed by atoms with van der Waals surface area (Å²) < 4.78 is 0. The van der Waals surface area contributed by atoms with Gasteiger partial charge in [-0.1, -0.05) is 146 Å². The van der Waals surface area contributed by atoms with E-state index >= 15 is 0 Å². The van der Waals surface area contributed by atoms with Gasteiger partial charge in [-0.2, -0.15) is 0 Å². The van der Waals surface area contributed by atoms with E-state index in [1.54, 1.807) is 0 Å². The second-order valence-corrected chi connectivity index (χ2v) is 15.6. The van der Waals surface area contributed by atoms with Gasteiger partial charge < -0.3 is 0 Å². The third kappa shape index (κ3) is 5.20. The lowest BCUT2D eigenvalue weighted by atomic mass is 10.0. The average molecular weight is 565 g/mol. The summed E-state index contributed by atoms with van der Waals surface area (Å²) in [6.45, 7) is 6.60. The maximum atomic E-state index is 8.07. The van der Waals surface area contributed by atoms with E-state index in [0.717, 1.165) is 0 Å². The van der Waals surface area contributed by atoms with E-state index < -0.39 is 7.38 Å². The Morgan fingerprint density at radius 2 is 0.634 bits per heavy atom. The van der Waals surface area contributed by atoms with Crippen LogP contribution in [0.2, 0.25) is 0 Å². The maximum Gasteiger partial charge on any atom is 0.247 e. The van der Waals surface area contributed by atoms with E-state index in [1.165, 1.54) is 65.6 Å². The summed E-state index contributed by atoms with van der Waals surface area (Å²) in [5, 5.41) is 3.61. The van der Waals surface area contributed by atoms with Gasteiger partial charge in [-0.25, -0.2) is 0 Å². The molecule has 0 aliphatic heterocycles. The minimum Gasteiger partial charge on any atom is -0.149 e. The summed E-state index contributed by atoms with van der Waals surface area (Å²) in [4.78, 5) is 0. The van der Waals surface area contributed by atoms with Crippen LogP contribution in [0, 0.1) is 20.8 Å². The molecule has 6 rings (SSSR count). The van der Waals surface area contributed by atoms with Gasteiger partial charge >= 0.3 is 0 Å². The Morgan fingerprint density at radius 1 is 0.366 bits per heavy atom. The second-order valence-electron chi connectivity index (χ2n) is 10.8. The molecule has 0 aliphatic rings. The van der Waals surface area contributed by atoms with Gasteiger partial charge in [0.1, 0.15) is 0 Å². The van der Waals surface area contributed by atoms with Crippen LogP contribution in [0.1, 0.15) is 16.7 Å². The molecule has 0 aliphatic carbocycles. The van der Waals surface area contributed by atoms with Gasteiger partial charge in [-0.3, -0.25) is 0 Å². The Bertz CT molecular complexity index is 1590. The van der Waals surface area contributed by atoms with Gasteiger partial charge in [0.05, 0.1) is 0 Å².